The zero-order valence-corrected chi connectivity index (χ0v) is 19.1. The molecule has 8 heteroatoms. The van der Waals surface area contributed by atoms with Gasteiger partial charge in [-0.15, -0.1) is 5.10 Å². The van der Waals surface area contributed by atoms with Crippen molar-refractivity contribution < 1.29 is 0 Å². The van der Waals surface area contributed by atoms with E-state index in [9.17, 15) is 0 Å². The summed E-state index contributed by atoms with van der Waals surface area (Å²) in [6.07, 6.45) is 8.80. The fourth-order valence-electron chi connectivity index (χ4n) is 3.43. The molecule has 0 saturated heterocycles. The summed E-state index contributed by atoms with van der Waals surface area (Å²) in [5, 5.41) is 11.5. The summed E-state index contributed by atoms with van der Waals surface area (Å²) in [6, 6.07) is 9.65. The highest BCUT2D eigenvalue weighted by Crippen LogP contribution is 2.26. The molecule has 0 fully saturated rings. The summed E-state index contributed by atoms with van der Waals surface area (Å²) < 4.78 is 0. The number of hydrogen-bond acceptors (Lipinski definition) is 8. The molecule has 166 valence electrons. The summed E-state index contributed by atoms with van der Waals surface area (Å²) in [7, 11) is 1.71. The third-order valence-corrected chi connectivity index (χ3v) is 5.32. The van der Waals surface area contributed by atoms with Crippen LogP contribution in [0.1, 0.15) is 42.0 Å². The monoisotopic (exact) mass is 438 g/mol. The minimum Gasteiger partial charge on any atom is -0.398 e. The van der Waals surface area contributed by atoms with E-state index in [-0.39, 0.29) is 0 Å². The first kappa shape index (κ1) is 22.0. The molecule has 0 bridgehead atoms. The van der Waals surface area contributed by atoms with Crippen molar-refractivity contribution >= 4 is 40.2 Å². The fraction of sp³-hybridized carbons (Fsp3) is 0.200. The molecule has 0 aliphatic carbocycles. The number of aromatic nitrogens is 5. The molecule has 4 rings (SSSR count). The highest BCUT2D eigenvalue weighted by atomic mass is 15.2. The van der Waals surface area contributed by atoms with E-state index in [1.165, 1.54) is 0 Å². The lowest BCUT2D eigenvalue weighted by atomic mass is 10.00. The van der Waals surface area contributed by atoms with Gasteiger partial charge in [0.1, 0.15) is 5.82 Å². The molecule has 0 aliphatic heterocycles. The van der Waals surface area contributed by atoms with Crippen LogP contribution in [0, 0.1) is 6.92 Å². The predicted octanol–water partition coefficient (Wildman–Crippen LogP) is 4.52. The maximum Gasteiger partial charge on any atom is 0.154 e. The Bertz CT molecular complexity index is 1360. The summed E-state index contributed by atoms with van der Waals surface area (Å²) >= 11 is 0. The average Bonchev–Trinajstić information content (AvgIpc) is 2.82. The maximum absolute atomic E-state index is 6.55. The number of rotatable bonds is 6. The normalized spacial score (nSPS) is 12.4. The van der Waals surface area contributed by atoms with Gasteiger partial charge in [-0.1, -0.05) is 13.8 Å². The summed E-state index contributed by atoms with van der Waals surface area (Å²) in [5.41, 5.74) is 13.2. The van der Waals surface area contributed by atoms with Crippen LogP contribution in [0.15, 0.2) is 60.1 Å². The number of allylic oxidation sites excluding steroid dienone is 1. The SMILES string of the molecule is CN=CC(=C(N)c1cnccc1C)c1cnc2ccc(Nc3cc(C(C)C)cnn3)nc2c1. The number of aliphatic imine (C=N–C) groups is 1. The molecule has 4 aromatic rings. The molecule has 0 aliphatic rings. The second kappa shape index (κ2) is 9.52. The number of hydrogen-bond donors (Lipinski definition) is 2. The summed E-state index contributed by atoms with van der Waals surface area (Å²) in [4.78, 5) is 17.7. The van der Waals surface area contributed by atoms with Gasteiger partial charge in [-0.25, -0.2) is 4.98 Å². The maximum atomic E-state index is 6.55. The molecular formula is C25H26N8. The third kappa shape index (κ3) is 4.85. The second-order valence-corrected chi connectivity index (χ2v) is 8.02. The molecule has 0 amide bonds. The Kier molecular flexibility index (Phi) is 6.35. The third-order valence-electron chi connectivity index (χ3n) is 5.32. The highest BCUT2D eigenvalue weighted by molar-refractivity contribution is 6.19. The van der Waals surface area contributed by atoms with Gasteiger partial charge in [0.2, 0.25) is 0 Å². The largest absolute Gasteiger partial charge is 0.398 e. The van der Waals surface area contributed by atoms with Crippen molar-refractivity contribution in [2.24, 2.45) is 10.7 Å². The molecule has 0 unspecified atom stereocenters. The first-order valence-electron chi connectivity index (χ1n) is 10.7. The minimum atomic E-state index is 0.358. The molecule has 0 atom stereocenters. The summed E-state index contributed by atoms with van der Waals surface area (Å²) in [6.45, 7) is 6.23. The number of pyridine rings is 3. The van der Waals surface area contributed by atoms with E-state index in [0.29, 0.717) is 23.3 Å². The first-order valence-corrected chi connectivity index (χ1v) is 10.7. The number of fused-ring (bicyclic) bond motifs is 1. The highest BCUT2D eigenvalue weighted by Gasteiger charge is 2.12. The average molecular weight is 439 g/mol. The predicted molar refractivity (Wildman–Crippen MR) is 133 cm³/mol. The molecule has 33 heavy (non-hydrogen) atoms. The zero-order valence-electron chi connectivity index (χ0n) is 19.1. The van der Waals surface area contributed by atoms with E-state index in [2.05, 4.69) is 44.3 Å². The Morgan fingerprint density at radius 3 is 2.67 bits per heavy atom. The molecular weight excluding hydrogens is 412 g/mol. The Morgan fingerprint density at radius 1 is 1.06 bits per heavy atom. The van der Waals surface area contributed by atoms with Crippen LogP contribution in [0.4, 0.5) is 11.6 Å². The number of aryl methyl sites for hydroxylation is 1. The summed E-state index contributed by atoms with van der Waals surface area (Å²) in [5.74, 6) is 1.66. The Morgan fingerprint density at radius 2 is 1.91 bits per heavy atom. The number of nitrogens with one attached hydrogen (secondary N) is 1. The second-order valence-electron chi connectivity index (χ2n) is 8.02. The van der Waals surface area contributed by atoms with Gasteiger partial charge >= 0.3 is 0 Å². The van der Waals surface area contributed by atoms with Gasteiger partial charge in [-0.3, -0.25) is 15.0 Å². The lowest BCUT2D eigenvalue weighted by Crippen LogP contribution is -2.05. The molecule has 0 aromatic carbocycles. The van der Waals surface area contributed by atoms with Gasteiger partial charge in [-0.2, -0.15) is 5.10 Å². The van der Waals surface area contributed by atoms with Crippen LogP contribution in [-0.4, -0.2) is 38.4 Å². The Labute approximate surface area is 192 Å². The van der Waals surface area contributed by atoms with Crippen LogP contribution in [0.2, 0.25) is 0 Å². The van der Waals surface area contributed by atoms with Crippen molar-refractivity contribution in [1.29, 1.82) is 0 Å². The molecule has 8 nitrogen and oxygen atoms in total. The van der Waals surface area contributed by atoms with E-state index in [4.69, 9.17) is 10.7 Å². The van der Waals surface area contributed by atoms with Crippen LogP contribution in [0.25, 0.3) is 22.3 Å². The van der Waals surface area contributed by atoms with Crippen molar-refractivity contribution in [3.63, 3.8) is 0 Å². The van der Waals surface area contributed by atoms with Crippen molar-refractivity contribution in [3.8, 4) is 0 Å². The van der Waals surface area contributed by atoms with E-state index in [1.54, 1.807) is 38.0 Å². The molecule has 0 radical (unpaired) electrons. The molecule has 0 saturated carbocycles. The van der Waals surface area contributed by atoms with Crippen LogP contribution in [-0.2, 0) is 0 Å². The van der Waals surface area contributed by atoms with E-state index in [1.807, 2.05) is 37.3 Å². The van der Waals surface area contributed by atoms with Crippen LogP contribution in [0.3, 0.4) is 0 Å². The van der Waals surface area contributed by atoms with Crippen molar-refractivity contribution in [3.05, 3.63) is 77.4 Å². The van der Waals surface area contributed by atoms with Gasteiger partial charge in [-0.05, 0) is 54.3 Å². The van der Waals surface area contributed by atoms with Gasteiger partial charge in [0.25, 0.3) is 0 Å². The van der Waals surface area contributed by atoms with Gasteiger partial charge < -0.3 is 11.1 Å². The fourth-order valence-corrected chi connectivity index (χ4v) is 3.43. The van der Waals surface area contributed by atoms with Crippen LogP contribution >= 0.6 is 0 Å². The molecule has 3 N–H and O–H groups in total. The van der Waals surface area contributed by atoms with E-state index in [0.717, 1.165) is 38.9 Å². The number of nitrogens with zero attached hydrogens (tertiary/aromatic N) is 6. The lowest BCUT2D eigenvalue weighted by molar-refractivity contribution is 0.843. The lowest BCUT2D eigenvalue weighted by Gasteiger charge is -2.12. The zero-order chi connectivity index (χ0) is 23.4. The number of anilines is 2. The first-order chi connectivity index (χ1) is 16.0. The van der Waals surface area contributed by atoms with Gasteiger partial charge in [0.15, 0.2) is 5.82 Å². The smallest absolute Gasteiger partial charge is 0.154 e. The van der Waals surface area contributed by atoms with Crippen LogP contribution < -0.4 is 11.1 Å². The molecule has 0 spiro atoms. The standard InChI is InChI=1S/C25H26N8/c1-15(2)17-10-24(33-30-12-17)32-23-6-5-21-22(31-23)9-18(11-29-21)20(13-27-4)25(26)19-14-28-8-7-16(19)3/h5-15H,26H2,1-4H3,(H,31,32,33). The van der Waals surface area contributed by atoms with Gasteiger partial charge in [0.05, 0.1) is 22.9 Å². The topological polar surface area (TPSA) is 115 Å². The van der Waals surface area contributed by atoms with Crippen molar-refractivity contribution in [1.82, 2.24) is 25.1 Å². The Hall–Kier alpha value is -4.20. The quantitative estimate of drug-likeness (QED) is 0.425. The Balaban J connectivity index is 1.74. The molecule has 4 heterocycles. The van der Waals surface area contributed by atoms with Crippen molar-refractivity contribution in [2.75, 3.05) is 12.4 Å². The van der Waals surface area contributed by atoms with Crippen LogP contribution in [0.5, 0.6) is 0 Å². The number of nitrogens with two attached hydrogens (primary N) is 1. The molecule has 4 aromatic heterocycles. The van der Waals surface area contributed by atoms with E-state index >= 15 is 0 Å². The minimum absolute atomic E-state index is 0.358. The van der Waals surface area contributed by atoms with Gasteiger partial charge in [0, 0.05) is 48.6 Å². The van der Waals surface area contributed by atoms with E-state index < -0.39 is 0 Å². The van der Waals surface area contributed by atoms with Crippen molar-refractivity contribution in [2.45, 2.75) is 26.7 Å².